The van der Waals surface area contributed by atoms with Crippen LogP contribution in [0.4, 0.5) is 0 Å². The molecule has 4 heteroatoms. The molecule has 1 fully saturated rings. The Hall–Kier alpha value is -1.55. The van der Waals surface area contributed by atoms with Crippen LogP contribution in [0, 0.1) is 5.92 Å². The van der Waals surface area contributed by atoms with Crippen LogP contribution >= 0.6 is 0 Å². The van der Waals surface area contributed by atoms with Crippen molar-refractivity contribution in [3.8, 4) is 5.75 Å². The number of rotatable bonds is 7. The second-order valence-electron chi connectivity index (χ2n) is 5.64. The van der Waals surface area contributed by atoms with Crippen molar-refractivity contribution < 1.29 is 14.3 Å². The first-order valence-electron chi connectivity index (χ1n) is 7.12. The van der Waals surface area contributed by atoms with E-state index in [-0.39, 0.29) is 12.0 Å². The molecule has 1 N–H and O–H groups in total. The molecule has 0 radical (unpaired) electrons. The predicted octanol–water partition coefficient (Wildman–Crippen LogP) is 2.39. The molecule has 1 unspecified atom stereocenters. The maximum Gasteiger partial charge on any atom is 0.329 e. The van der Waals surface area contributed by atoms with Crippen molar-refractivity contribution in [2.45, 2.75) is 38.3 Å². The maximum atomic E-state index is 12.3. The molecule has 0 saturated heterocycles. The first-order valence-corrected chi connectivity index (χ1v) is 7.12. The molecule has 1 atom stereocenters. The molecule has 2 rings (SSSR count). The van der Waals surface area contributed by atoms with Crippen molar-refractivity contribution >= 4 is 5.97 Å². The summed E-state index contributed by atoms with van der Waals surface area (Å²) >= 11 is 0. The zero-order chi connectivity index (χ0) is 14.6. The van der Waals surface area contributed by atoms with Gasteiger partial charge in [-0.2, -0.15) is 0 Å². The SMILES string of the molecule is COC(=O)C(COc1ccccc1)(NC(C)C)C1CC1. The van der Waals surface area contributed by atoms with Crippen LogP contribution in [0.2, 0.25) is 0 Å². The summed E-state index contributed by atoms with van der Waals surface area (Å²) in [5.41, 5.74) is -0.737. The van der Waals surface area contributed by atoms with Gasteiger partial charge in [-0.05, 0) is 44.7 Å². The van der Waals surface area contributed by atoms with E-state index in [0.717, 1.165) is 18.6 Å². The third kappa shape index (κ3) is 3.31. The van der Waals surface area contributed by atoms with E-state index in [1.165, 1.54) is 7.11 Å². The Labute approximate surface area is 120 Å². The van der Waals surface area contributed by atoms with Gasteiger partial charge in [-0.25, -0.2) is 4.79 Å². The fraction of sp³-hybridized carbons (Fsp3) is 0.562. The molecule has 110 valence electrons. The van der Waals surface area contributed by atoms with Gasteiger partial charge in [-0.15, -0.1) is 0 Å². The number of ether oxygens (including phenoxy) is 2. The molecule has 1 aliphatic rings. The zero-order valence-corrected chi connectivity index (χ0v) is 12.4. The molecular weight excluding hydrogens is 254 g/mol. The van der Waals surface area contributed by atoms with Gasteiger partial charge in [-0.1, -0.05) is 18.2 Å². The largest absolute Gasteiger partial charge is 0.491 e. The lowest BCUT2D eigenvalue weighted by Crippen LogP contribution is -2.60. The average molecular weight is 277 g/mol. The van der Waals surface area contributed by atoms with Gasteiger partial charge in [0.25, 0.3) is 0 Å². The number of carbonyl (C=O) groups excluding carboxylic acids is 1. The highest BCUT2D eigenvalue weighted by Crippen LogP contribution is 2.41. The van der Waals surface area contributed by atoms with Crippen LogP contribution in [0.1, 0.15) is 26.7 Å². The summed E-state index contributed by atoms with van der Waals surface area (Å²) in [6.07, 6.45) is 2.07. The third-order valence-electron chi connectivity index (χ3n) is 3.58. The van der Waals surface area contributed by atoms with Gasteiger partial charge < -0.3 is 9.47 Å². The summed E-state index contributed by atoms with van der Waals surface area (Å²) in [7, 11) is 1.43. The summed E-state index contributed by atoms with van der Waals surface area (Å²) < 4.78 is 10.9. The Morgan fingerprint density at radius 3 is 2.50 bits per heavy atom. The van der Waals surface area contributed by atoms with E-state index < -0.39 is 5.54 Å². The van der Waals surface area contributed by atoms with Crippen molar-refractivity contribution in [3.63, 3.8) is 0 Å². The number of hydrogen-bond donors (Lipinski definition) is 1. The normalized spacial score (nSPS) is 17.6. The lowest BCUT2D eigenvalue weighted by atomic mass is 9.93. The minimum Gasteiger partial charge on any atom is -0.491 e. The fourth-order valence-electron chi connectivity index (χ4n) is 2.55. The van der Waals surface area contributed by atoms with Gasteiger partial charge in [0.1, 0.15) is 12.4 Å². The Balaban J connectivity index is 2.14. The van der Waals surface area contributed by atoms with E-state index in [2.05, 4.69) is 5.32 Å². The summed E-state index contributed by atoms with van der Waals surface area (Å²) in [4.78, 5) is 12.3. The highest BCUT2D eigenvalue weighted by molar-refractivity contribution is 5.82. The standard InChI is InChI=1S/C16H23NO3/c1-12(2)17-16(13-9-10-13,15(18)19-3)11-20-14-7-5-4-6-8-14/h4-8,12-13,17H,9-11H2,1-3H3. The number of esters is 1. The Morgan fingerprint density at radius 2 is 2.00 bits per heavy atom. The first kappa shape index (κ1) is 14.9. The zero-order valence-electron chi connectivity index (χ0n) is 12.4. The topological polar surface area (TPSA) is 47.6 Å². The van der Waals surface area contributed by atoms with Gasteiger partial charge in [0, 0.05) is 6.04 Å². The van der Waals surface area contributed by atoms with Crippen molar-refractivity contribution in [3.05, 3.63) is 30.3 Å². The van der Waals surface area contributed by atoms with Crippen molar-refractivity contribution in [1.82, 2.24) is 5.32 Å². The molecule has 0 aliphatic heterocycles. The second-order valence-corrected chi connectivity index (χ2v) is 5.64. The van der Waals surface area contributed by atoms with Crippen LogP contribution in [0.3, 0.4) is 0 Å². The minimum absolute atomic E-state index is 0.189. The molecule has 4 nitrogen and oxygen atoms in total. The van der Waals surface area contributed by atoms with Gasteiger partial charge in [0.2, 0.25) is 0 Å². The molecule has 0 amide bonds. The number of benzene rings is 1. The van der Waals surface area contributed by atoms with E-state index in [4.69, 9.17) is 9.47 Å². The molecule has 1 aliphatic carbocycles. The monoisotopic (exact) mass is 277 g/mol. The van der Waals surface area contributed by atoms with Crippen molar-refractivity contribution in [1.29, 1.82) is 0 Å². The summed E-state index contributed by atoms with van der Waals surface area (Å²) in [5.74, 6) is 0.831. The lowest BCUT2D eigenvalue weighted by molar-refractivity contribution is -0.151. The predicted molar refractivity (Wildman–Crippen MR) is 77.7 cm³/mol. The molecule has 0 heterocycles. The van der Waals surface area contributed by atoms with Crippen LogP contribution in [-0.4, -0.2) is 31.3 Å². The summed E-state index contributed by atoms with van der Waals surface area (Å²) in [6, 6.07) is 9.75. The minimum atomic E-state index is -0.737. The third-order valence-corrected chi connectivity index (χ3v) is 3.58. The van der Waals surface area contributed by atoms with Crippen LogP contribution in [0.15, 0.2) is 30.3 Å². The molecule has 1 aromatic carbocycles. The lowest BCUT2D eigenvalue weighted by Gasteiger charge is -2.34. The van der Waals surface area contributed by atoms with Gasteiger partial charge >= 0.3 is 5.97 Å². The number of methoxy groups -OCH3 is 1. The van der Waals surface area contributed by atoms with Crippen molar-refractivity contribution in [2.24, 2.45) is 5.92 Å². The quantitative estimate of drug-likeness (QED) is 0.777. The van der Waals surface area contributed by atoms with Crippen LogP contribution in [0.5, 0.6) is 5.75 Å². The van der Waals surface area contributed by atoms with E-state index in [9.17, 15) is 4.79 Å². The van der Waals surface area contributed by atoms with Crippen LogP contribution < -0.4 is 10.1 Å². The fourth-order valence-corrected chi connectivity index (χ4v) is 2.55. The highest BCUT2D eigenvalue weighted by atomic mass is 16.5. The van der Waals surface area contributed by atoms with Crippen molar-refractivity contribution in [2.75, 3.05) is 13.7 Å². The molecular formula is C16H23NO3. The van der Waals surface area contributed by atoms with Gasteiger partial charge in [0.15, 0.2) is 5.54 Å². The first-order chi connectivity index (χ1) is 9.58. The Morgan fingerprint density at radius 1 is 1.35 bits per heavy atom. The van der Waals surface area contributed by atoms with Gasteiger partial charge in [-0.3, -0.25) is 5.32 Å². The van der Waals surface area contributed by atoms with E-state index >= 15 is 0 Å². The molecule has 1 saturated carbocycles. The number of hydrogen-bond acceptors (Lipinski definition) is 4. The second kappa shape index (κ2) is 6.27. The number of carbonyl (C=O) groups is 1. The average Bonchev–Trinajstić information content (AvgIpc) is 3.28. The van der Waals surface area contributed by atoms with Crippen LogP contribution in [-0.2, 0) is 9.53 Å². The van der Waals surface area contributed by atoms with Gasteiger partial charge in [0.05, 0.1) is 7.11 Å². The molecule has 1 aromatic rings. The van der Waals surface area contributed by atoms with E-state index in [1.54, 1.807) is 0 Å². The van der Waals surface area contributed by atoms with E-state index in [1.807, 2.05) is 44.2 Å². The van der Waals surface area contributed by atoms with Crippen LogP contribution in [0.25, 0.3) is 0 Å². The number of nitrogens with one attached hydrogen (secondary N) is 1. The molecule has 0 aromatic heterocycles. The summed E-state index contributed by atoms with van der Waals surface area (Å²) in [5, 5.41) is 3.38. The molecule has 20 heavy (non-hydrogen) atoms. The summed E-state index contributed by atoms with van der Waals surface area (Å²) in [6.45, 7) is 4.36. The molecule has 0 spiro atoms. The molecule has 0 bridgehead atoms. The highest BCUT2D eigenvalue weighted by Gasteiger charge is 2.53. The number of para-hydroxylation sites is 1. The smallest absolute Gasteiger partial charge is 0.329 e. The van der Waals surface area contributed by atoms with E-state index in [0.29, 0.717) is 12.5 Å². The Kier molecular flexibility index (Phi) is 4.65. The Bertz CT molecular complexity index is 442. The maximum absolute atomic E-state index is 12.3.